The maximum Gasteiger partial charge on any atom is 0.458 e. The van der Waals surface area contributed by atoms with Crippen molar-refractivity contribution < 1.29 is 9.15 Å². The number of hydrogen-bond acceptors (Lipinski definition) is 5. The van der Waals surface area contributed by atoms with Crippen LogP contribution in [0.3, 0.4) is 0 Å². The summed E-state index contributed by atoms with van der Waals surface area (Å²) >= 11 is 0. The Morgan fingerprint density at radius 2 is 1.88 bits per heavy atom. The van der Waals surface area contributed by atoms with Crippen LogP contribution >= 0.6 is 0 Å². The number of anilines is 3. The first-order valence-corrected chi connectivity index (χ1v) is 4.94. The maximum absolute atomic E-state index is 11.8. The Morgan fingerprint density at radius 3 is 2.44 bits per heavy atom. The van der Waals surface area contributed by atoms with Gasteiger partial charge in [-0.1, -0.05) is 0 Å². The lowest BCUT2D eigenvalue weighted by molar-refractivity contribution is -0.565. The van der Waals surface area contributed by atoms with Crippen molar-refractivity contribution in [2.75, 3.05) is 37.1 Å². The predicted molar refractivity (Wildman–Crippen MR) is 63.8 cm³/mol. The van der Waals surface area contributed by atoms with Gasteiger partial charge in [0.2, 0.25) is 0 Å². The van der Waals surface area contributed by atoms with Gasteiger partial charge in [-0.2, -0.15) is 4.73 Å². The van der Waals surface area contributed by atoms with Gasteiger partial charge in [-0.15, -0.1) is 0 Å². The molecule has 0 spiro atoms. The normalized spacial score (nSPS) is 10.4. The molecule has 86 valence electrons. The molecule has 3 N–H and O–H groups in total. The van der Waals surface area contributed by atoms with Gasteiger partial charge in [0.05, 0.1) is 12.7 Å². The van der Waals surface area contributed by atoms with Gasteiger partial charge >= 0.3 is 6.01 Å². The highest BCUT2D eigenvalue weighted by Gasteiger charge is 2.17. The number of hydrogen-bond donors (Lipinski definition) is 3. The molecule has 6 heteroatoms. The van der Waals surface area contributed by atoms with Gasteiger partial charge in [0, 0.05) is 25.8 Å². The van der Waals surface area contributed by atoms with E-state index in [0.717, 1.165) is 16.1 Å². The molecular weight excluding hydrogens is 208 g/mol. The third-order valence-corrected chi connectivity index (χ3v) is 2.44. The fraction of sp³-hybridized carbons (Fsp3) is 0.300. The molecule has 2 aromatic rings. The van der Waals surface area contributed by atoms with E-state index in [0.29, 0.717) is 11.1 Å². The van der Waals surface area contributed by atoms with Crippen molar-refractivity contribution >= 4 is 28.5 Å². The first kappa shape index (κ1) is 10.4. The molecule has 0 fully saturated rings. The van der Waals surface area contributed by atoms with E-state index in [-0.39, 0.29) is 6.01 Å². The summed E-state index contributed by atoms with van der Waals surface area (Å²) in [5, 5.41) is 20.5. The van der Waals surface area contributed by atoms with Gasteiger partial charge in [-0.25, -0.2) is 5.32 Å². The zero-order chi connectivity index (χ0) is 11.7. The van der Waals surface area contributed by atoms with Crippen LogP contribution < -0.4 is 20.7 Å². The Kier molecular flexibility index (Phi) is 2.47. The molecule has 0 aliphatic heterocycles. The van der Waals surface area contributed by atoms with Crippen LogP contribution in [0.4, 0.5) is 17.4 Å². The molecule has 0 aliphatic rings. The average molecular weight is 222 g/mol. The summed E-state index contributed by atoms with van der Waals surface area (Å²) in [4.78, 5) is 0. The fourth-order valence-electron chi connectivity index (χ4n) is 1.63. The number of aromatic nitrogens is 1. The Labute approximate surface area is 92.8 Å². The zero-order valence-electron chi connectivity index (χ0n) is 9.42. The second-order valence-corrected chi connectivity index (χ2v) is 3.32. The molecule has 0 radical (unpaired) electrons. The molecule has 1 aromatic carbocycles. The van der Waals surface area contributed by atoms with E-state index in [1.807, 2.05) is 13.1 Å². The number of nitrogens with zero attached hydrogens (tertiary/aromatic N) is 1. The molecule has 2 rings (SSSR count). The van der Waals surface area contributed by atoms with Gasteiger partial charge < -0.3 is 20.3 Å². The summed E-state index contributed by atoms with van der Waals surface area (Å²) < 4.78 is 6.13. The maximum atomic E-state index is 11.8. The lowest BCUT2D eigenvalue weighted by Gasteiger charge is -2.06. The van der Waals surface area contributed by atoms with Crippen LogP contribution in [0.1, 0.15) is 0 Å². The average Bonchev–Trinajstić information content (AvgIpc) is 2.65. The van der Waals surface area contributed by atoms with Gasteiger partial charge in [-0.3, -0.25) is 0 Å². The summed E-state index contributed by atoms with van der Waals surface area (Å²) in [6, 6.07) is 3.82. The van der Waals surface area contributed by atoms with E-state index in [2.05, 4.69) is 16.0 Å². The quantitative estimate of drug-likeness (QED) is 0.537. The summed E-state index contributed by atoms with van der Waals surface area (Å²) in [6.45, 7) is 0. The van der Waals surface area contributed by atoms with Gasteiger partial charge in [0.15, 0.2) is 11.1 Å². The summed E-state index contributed by atoms with van der Waals surface area (Å²) in [7, 11) is 5.22. The summed E-state index contributed by atoms with van der Waals surface area (Å²) in [5.74, 6) is 0. The van der Waals surface area contributed by atoms with Crippen molar-refractivity contribution in [3.63, 3.8) is 0 Å². The second-order valence-electron chi connectivity index (χ2n) is 3.32. The number of oxazole rings is 1. The highest BCUT2D eigenvalue weighted by molar-refractivity contribution is 5.88. The van der Waals surface area contributed by atoms with Crippen LogP contribution in [0.2, 0.25) is 0 Å². The van der Waals surface area contributed by atoms with Gasteiger partial charge in [0.1, 0.15) is 0 Å². The molecule has 0 atom stereocenters. The van der Waals surface area contributed by atoms with Crippen molar-refractivity contribution in [1.82, 2.24) is 0 Å². The molecule has 6 nitrogen and oxygen atoms in total. The zero-order valence-corrected chi connectivity index (χ0v) is 9.42. The van der Waals surface area contributed by atoms with E-state index >= 15 is 0 Å². The number of nitrogens with one attached hydrogen (secondary N) is 3. The monoisotopic (exact) mass is 222 g/mol. The summed E-state index contributed by atoms with van der Waals surface area (Å²) in [5.41, 5.74) is 2.64. The number of fused-ring (bicyclic) bond motifs is 1. The molecule has 1 heterocycles. The van der Waals surface area contributed by atoms with E-state index in [4.69, 9.17) is 4.42 Å². The Hall–Kier alpha value is -2.11. The van der Waals surface area contributed by atoms with Crippen molar-refractivity contribution in [3.8, 4) is 0 Å². The number of benzene rings is 1. The third-order valence-electron chi connectivity index (χ3n) is 2.44. The van der Waals surface area contributed by atoms with Crippen LogP contribution in [-0.2, 0) is 0 Å². The first-order chi connectivity index (χ1) is 7.71. The van der Waals surface area contributed by atoms with Crippen molar-refractivity contribution in [2.45, 2.75) is 0 Å². The van der Waals surface area contributed by atoms with Crippen LogP contribution in [-0.4, -0.2) is 21.1 Å². The second kappa shape index (κ2) is 3.80. The molecule has 16 heavy (non-hydrogen) atoms. The van der Waals surface area contributed by atoms with E-state index < -0.39 is 0 Å². The van der Waals surface area contributed by atoms with E-state index in [1.54, 1.807) is 20.2 Å². The smallest absolute Gasteiger partial charge is 0.458 e. The Bertz CT molecular complexity index is 521. The molecule has 0 saturated heterocycles. The lowest BCUT2D eigenvalue weighted by atomic mass is 10.2. The molecule has 0 aliphatic carbocycles. The highest BCUT2D eigenvalue weighted by atomic mass is 16.5. The topological polar surface area (TPSA) is 76.2 Å². The minimum Gasteiger partial charge on any atom is -0.708 e. The fourth-order valence-corrected chi connectivity index (χ4v) is 1.63. The van der Waals surface area contributed by atoms with Crippen molar-refractivity contribution in [2.24, 2.45) is 0 Å². The standard InChI is InChI=1S/C10H14N4O2/c1-11-6-4-7(12-2)9-8(5-6)16-10(13-3)14(9)15/h4-5,11-13H,1-3H3. The minimum atomic E-state index is 0.180. The Balaban J connectivity index is 2.76. The molecule has 0 bridgehead atoms. The largest absolute Gasteiger partial charge is 0.708 e. The van der Waals surface area contributed by atoms with Gasteiger partial charge in [0.25, 0.3) is 0 Å². The first-order valence-electron chi connectivity index (χ1n) is 4.94. The van der Waals surface area contributed by atoms with Crippen LogP contribution in [0, 0.1) is 5.21 Å². The third kappa shape index (κ3) is 1.39. The molecule has 0 amide bonds. The Morgan fingerprint density at radius 1 is 1.12 bits per heavy atom. The lowest BCUT2D eigenvalue weighted by Crippen LogP contribution is -2.28. The molecular formula is C10H14N4O2. The number of rotatable bonds is 3. The van der Waals surface area contributed by atoms with E-state index in [9.17, 15) is 5.21 Å². The van der Waals surface area contributed by atoms with Crippen LogP contribution in [0.5, 0.6) is 0 Å². The van der Waals surface area contributed by atoms with Crippen LogP contribution in [0.25, 0.3) is 11.1 Å². The molecule has 1 aromatic heterocycles. The SMILES string of the molecule is CNc1cc(NC)c2c(c1)oc(NC)[n+]2[O-]. The van der Waals surface area contributed by atoms with Crippen LogP contribution in [0.15, 0.2) is 16.5 Å². The molecule has 0 saturated carbocycles. The minimum absolute atomic E-state index is 0.180. The van der Waals surface area contributed by atoms with Crippen molar-refractivity contribution in [1.29, 1.82) is 0 Å². The summed E-state index contributed by atoms with van der Waals surface area (Å²) in [6.07, 6.45) is 0. The van der Waals surface area contributed by atoms with Crippen molar-refractivity contribution in [3.05, 3.63) is 17.3 Å². The van der Waals surface area contributed by atoms with Gasteiger partial charge in [-0.05, 0) is 6.07 Å². The van der Waals surface area contributed by atoms with E-state index in [1.165, 1.54) is 0 Å². The highest BCUT2D eigenvalue weighted by Crippen LogP contribution is 2.27. The predicted octanol–water partition coefficient (Wildman–Crippen LogP) is 1.19. The molecule has 0 unspecified atom stereocenters.